The van der Waals surface area contributed by atoms with Crippen LogP contribution in [-0.4, -0.2) is 23.1 Å². The Hall–Kier alpha value is -2.19. The van der Waals surface area contributed by atoms with Gasteiger partial charge in [-0.25, -0.2) is 0 Å². The third-order valence-corrected chi connectivity index (χ3v) is 4.90. The number of nitrogens with zero attached hydrogens (tertiary/aromatic N) is 1. The number of phenols is 1. The summed E-state index contributed by atoms with van der Waals surface area (Å²) in [7, 11) is 0. The molecule has 3 heteroatoms. The Morgan fingerprint density at radius 1 is 0.833 bits per heavy atom. The predicted molar refractivity (Wildman–Crippen MR) is 103 cm³/mol. The Morgan fingerprint density at radius 3 is 1.88 bits per heavy atom. The van der Waals surface area contributed by atoms with Gasteiger partial charge < -0.3 is 10.0 Å². The van der Waals surface area contributed by atoms with Crippen LogP contribution in [-0.2, 0) is 0 Å². The van der Waals surface area contributed by atoms with Crippen molar-refractivity contribution in [1.82, 2.24) is 4.90 Å². The number of benzene rings is 2. The fraction of sp³-hybridized carbons (Fsp3) is 0.238. The summed E-state index contributed by atoms with van der Waals surface area (Å²) in [6.45, 7) is 2.45. The third-order valence-electron chi connectivity index (χ3n) is 4.90. The first-order valence-electron chi connectivity index (χ1n) is 8.31. The standard InChI is InChI=1S/C21H21NO.ClH/c23-20-9-5-17(6-10-20)2-1-16-3-7-18(8-4-16)21-15-22-13-11-19(21)12-14-22;/h1-10,15,19,23H,11-14H2;1H/b2-1+;. The van der Waals surface area contributed by atoms with E-state index in [1.807, 2.05) is 12.1 Å². The molecule has 2 aromatic carbocycles. The molecular weight excluding hydrogens is 318 g/mol. The minimum Gasteiger partial charge on any atom is -0.508 e. The zero-order chi connectivity index (χ0) is 15.6. The number of phenolic OH excluding ortho intramolecular Hbond substituents is 1. The molecule has 0 aromatic heterocycles. The van der Waals surface area contributed by atoms with E-state index < -0.39 is 0 Å². The number of piperidine rings is 1. The van der Waals surface area contributed by atoms with Crippen molar-refractivity contribution in [3.63, 3.8) is 0 Å². The SMILES string of the molecule is Cl.Oc1ccc(/C=C/c2ccc(C3=CN4CCC3CC4)cc2)cc1. The Bertz CT molecular complexity index is 738. The van der Waals surface area contributed by atoms with Crippen molar-refractivity contribution in [1.29, 1.82) is 0 Å². The molecule has 3 aliphatic heterocycles. The molecule has 2 nitrogen and oxygen atoms in total. The van der Waals surface area contributed by atoms with Crippen LogP contribution in [0.4, 0.5) is 0 Å². The molecule has 5 rings (SSSR count). The minimum atomic E-state index is 0. The molecular formula is C21H22ClNO. The first-order chi connectivity index (χ1) is 11.3. The highest BCUT2D eigenvalue weighted by Crippen LogP contribution is 2.37. The number of fused-ring (bicyclic) bond motifs is 2. The van der Waals surface area contributed by atoms with Gasteiger partial charge in [0.15, 0.2) is 0 Å². The smallest absolute Gasteiger partial charge is 0.115 e. The number of hydrogen-bond donors (Lipinski definition) is 1. The van der Waals surface area contributed by atoms with Crippen LogP contribution in [0.1, 0.15) is 29.5 Å². The summed E-state index contributed by atoms with van der Waals surface area (Å²) in [5, 5.41) is 9.31. The van der Waals surface area contributed by atoms with Crippen molar-refractivity contribution in [2.24, 2.45) is 5.92 Å². The monoisotopic (exact) mass is 339 g/mol. The van der Waals surface area contributed by atoms with Crippen LogP contribution >= 0.6 is 12.4 Å². The van der Waals surface area contributed by atoms with E-state index in [2.05, 4.69) is 47.5 Å². The zero-order valence-electron chi connectivity index (χ0n) is 13.6. The number of halogens is 1. The molecule has 3 heterocycles. The van der Waals surface area contributed by atoms with Crippen LogP contribution in [0.2, 0.25) is 0 Å². The quantitative estimate of drug-likeness (QED) is 0.791. The molecule has 0 radical (unpaired) electrons. The second-order valence-corrected chi connectivity index (χ2v) is 6.44. The largest absolute Gasteiger partial charge is 0.508 e. The van der Waals surface area contributed by atoms with E-state index >= 15 is 0 Å². The van der Waals surface area contributed by atoms with E-state index in [1.165, 1.54) is 42.6 Å². The van der Waals surface area contributed by atoms with Crippen molar-refractivity contribution in [3.8, 4) is 5.75 Å². The van der Waals surface area contributed by atoms with E-state index in [-0.39, 0.29) is 12.4 Å². The highest BCUT2D eigenvalue weighted by atomic mass is 35.5. The fourth-order valence-corrected chi connectivity index (χ4v) is 3.52. The molecule has 1 fully saturated rings. The van der Waals surface area contributed by atoms with Crippen LogP contribution < -0.4 is 0 Å². The zero-order valence-corrected chi connectivity index (χ0v) is 14.4. The lowest BCUT2D eigenvalue weighted by Gasteiger charge is -2.39. The molecule has 2 aromatic rings. The average Bonchev–Trinajstić information content (AvgIpc) is 2.63. The van der Waals surface area contributed by atoms with Gasteiger partial charge in [-0.1, -0.05) is 48.6 Å². The first kappa shape index (κ1) is 16.7. The lowest BCUT2D eigenvalue weighted by Crippen LogP contribution is -2.35. The first-order valence-corrected chi connectivity index (χ1v) is 8.31. The van der Waals surface area contributed by atoms with Crippen molar-refractivity contribution >= 4 is 30.1 Å². The Morgan fingerprint density at radius 2 is 1.38 bits per heavy atom. The van der Waals surface area contributed by atoms with E-state index in [0.717, 1.165) is 11.5 Å². The summed E-state index contributed by atoms with van der Waals surface area (Å²) in [5.74, 6) is 1.05. The van der Waals surface area contributed by atoms with Gasteiger partial charge in [0.05, 0.1) is 0 Å². The molecule has 0 unspecified atom stereocenters. The topological polar surface area (TPSA) is 23.5 Å². The van der Waals surface area contributed by atoms with Gasteiger partial charge in [-0.3, -0.25) is 0 Å². The lowest BCUT2D eigenvalue weighted by atomic mass is 9.82. The van der Waals surface area contributed by atoms with Gasteiger partial charge in [0.2, 0.25) is 0 Å². The van der Waals surface area contributed by atoms with Crippen molar-refractivity contribution in [2.45, 2.75) is 12.8 Å². The normalized spacial score (nSPS) is 17.0. The second-order valence-electron chi connectivity index (χ2n) is 6.44. The van der Waals surface area contributed by atoms with Gasteiger partial charge in [0, 0.05) is 19.3 Å². The van der Waals surface area contributed by atoms with E-state index in [1.54, 1.807) is 12.1 Å². The molecule has 0 spiro atoms. The summed E-state index contributed by atoms with van der Waals surface area (Å²) in [5.41, 5.74) is 5.16. The number of rotatable bonds is 3. The van der Waals surface area contributed by atoms with Gasteiger partial charge in [-0.15, -0.1) is 12.4 Å². The summed E-state index contributed by atoms with van der Waals surface area (Å²) in [6.07, 6.45) is 9.14. The molecule has 124 valence electrons. The summed E-state index contributed by atoms with van der Waals surface area (Å²) in [4.78, 5) is 2.45. The van der Waals surface area contributed by atoms with E-state index in [9.17, 15) is 5.11 Å². The van der Waals surface area contributed by atoms with Gasteiger partial charge in [0.25, 0.3) is 0 Å². The molecule has 1 saturated heterocycles. The van der Waals surface area contributed by atoms with Crippen LogP contribution in [0.3, 0.4) is 0 Å². The Labute approximate surface area is 149 Å². The molecule has 2 bridgehead atoms. The third kappa shape index (κ3) is 3.49. The number of allylic oxidation sites excluding steroid dienone is 1. The van der Waals surface area contributed by atoms with E-state index in [4.69, 9.17) is 0 Å². The van der Waals surface area contributed by atoms with Gasteiger partial charge >= 0.3 is 0 Å². The summed E-state index contributed by atoms with van der Waals surface area (Å²) in [6, 6.07) is 16.1. The maximum atomic E-state index is 9.31. The highest BCUT2D eigenvalue weighted by molar-refractivity contribution is 5.85. The number of aromatic hydroxyl groups is 1. The molecule has 0 aliphatic carbocycles. The summed E-state index contributed by atoms with van der Waals surface area (Å²) >= 11 is 0. The highest BCUT2D eigenvalue weighted by Gasteiger charge is 2.27. The molecule has 0 atom stereocenters. The molecule has 1 N–H and O–H groups in total. The molecule has 0 saturated carbocycles. The predicted octanol–water partition coefficient (Wildman–Crippen LogP) is 5.05. The van der Waals surface area contributed by atoms with Gasteiger partial charge in [0.1, 0.15) is 5.75 Å². The van der Waals surface area contributed by atoms with Crippen LogP contribution in [0.5, 0.6) is 5.75 Å². The van der Waals surface area contributed by atoms with Gasteiger partial charge in [-0.05, 0) is 53.2 Å². The van der Waals surface area contributed by atoms with Crippen LogP contribution in [0, 0.1) is 5.92 Å². The molecule has 24 heavy (non-hydrogen) atoms. The molecule has 3 aliphatic rings. The van der Waals surface area contributed by atoms with Crippen molar-refractivity contribution in [3.05, 3.63) is 71.4 Å². The maximum Gasteiger partial charge on any atom is 0.115 e. The fourth-order valence-electron chi connectivity index (χ4n) is 3.52. The lowest BCUT2D eigenvalue weighted by molar-refractivity contribution is 0.252. The molecule has 0 amide bonds. The van der Waals surface area contributed by atoms with Gasteiger partial charge in [-0.2, -0.15) is 0 Å². The van der Waals surface area contributed by atoms with Crippen LogP contribution in [0.25, 0.3) is 17.7 Å². The maximum absolute atomic E-state index is 9.31. The Kier molecular flexibility index (Phi) is 4.96. The number of hydrogen-bond acceptors (Lipinski definition) is 2. The second kappa shape index (κ2) is 7.14. The minimum absolute atomic E-state index is 0. The van der Waals surface area contributed by atoms with Crippen molar-refractivity contribution < 1.29 is 5.11 Å². The van der Waals surface area contributed by atoms with Crippen LogP contribution in [0.15, 0.2) is 54.7 Å². The van der Waals surface area contributed by atoms with Crippen molar-refractivity contribution in [2.75, 3.05) is 13.1 Å². The average molecular weight is 340 g/mol. The Balaban J connectivity index is 0.00000169. The van der Waals surface area contributed by atoms with E-state index in [0.29, 0.717) is 5.75 Å². The summed E-state index contributed by atoms with van der Waals surface area (Å²) < 4.78 is 0.